The van der Waals surface area contributed by atoms with Crippen molar-refractivity contribution in [1.29, 1.82) is 5.26 Å². The van der Waals surface area contributed by atoms with Gasteiger partial charge >= 0.3 is 6.36 Å². The smallest absolute Gasteiger partial charge is 0.406 e. The summed E-state index contributed by atoms with van der Waals surface area (Å²) in [6, 6.07) is 13.9. The number of amides is 1. The van der Waals surface area contributed by atoms with Crippen molar-refractivity contribution in [2.75, 3.05) is 5.32 Å². The summed E-state index contributed by atoms with van der Waals surface area (Å²) < 4.78 is 40.1. The number of carbonyl (C=O) groups excluding carboxylic acids is 1. The average Bonchev–Trinajstić information content (AvgIpc) is 2.47. The lowest BCUT2D eigenvalue weighted by atomic mass is 10.1. The van der Waals surface area contributed by atoms with Crippen LogP contribution in [0.1, 0.15) is 6.42 Å². The van der Waals surface area contributed by atoms with Crippen LogP contribution in [0.25, 0.3) is 11.1 Å². The van der Waals surface area contributed by atoms with Gasteiger partial charge in [0.15, 0.2) is 0 Å². The van der Waals surface area contributed by atoms with Gasteiger partial charge in [-0.15, -0.1) is 13.2 Å². The number of alkyl halides is 3. The molecule has 2 rings (SSSR count). The highest BCUT2D eigenvalue weighted by atomic mass is 19.4. The van der Waals surface area contributed by atoms with Crippen molar-refractivity contribution >= 4 is 11.6 Å². The van der Waals surface area contributed by atoms with Crippen molar-refractivity contribution in [3.8, 4) is 22.9 Å². The van der Waals surface area contributed by atoms with E-state index in [4.69, 9.17) is 5.26 Å². The van der Waals surface area contributed by atoms with Crippen LogP contribution in [0.2, 0.25) is 0 Å². The van der Waals surface area contributed by atoms with Crippen LogP contribution in [0.4, 0.5) is 18.9 Å². The maximum Gasteiger partial charge on any atom is 0.573 e. The zero-order valence-electron chi connectivity index (χ0n) is 11.7. The van der Waals surface area contributed by atoms with E-state index in [1.165, 1.54) is 24.3 Å². The van der Waals surface area contributed by atoms with Crippen LogP contribution in [0, 0.1) is 11.3 Å². The minimum absolute atomic E-state index is 0.234. The third-order valence-electron chi connectivity index (χ3n) is 2.83. The monoisotopic (exact) mass is 320 g/mol. The van der Waals surface area contributed by atoms with Crippen molar-refractivity contribution in [2.24, 2.45) is 0 Å². The summed E-state index contributed by atoms with van der Waals surface area (Å²) in [5, 5.41) is 11.0. The summed E-state index contributed by atoms with van der Waals surface area (Å²) in [5.41, 5.74) is 2.00. The molecule has 7 heteroatoms. The van der Waals surface area contributed by atoms with Crippen molar-refractivity contribution < 1.29 is 22.7 Å². The normalized spacial score (nSPS) is 10.7. The molecule has 0 fully saturated rings. The minimum Gasteiger partial charge on any atom is -0.406 e. The number of anilines is 1. The Morgan fingerprint density at radius 3 is 2.04 bits per heavy atom. The summed E-state index contributed by atoms with van der Waals surface area (Å²) in [6.07, 6.45) is -4.95. The molecule has 2 aromatic carbocycles. The molecule has 0 atom stereocenters. The van der Waals surface area contributed by atoms with E-state index in [0.29, 0.717) is 11.3 Å². The number of hydrogen-bond donors (Lipinski definition) is 1. The van der Waals surface area contributed by atoms with E-state index in [1.54, 1.807) is 30.3 Å². The van der Waals surface area contributed by atoms with E-state index in [-0.39, 0.29) is 12.2 Å². The molecule has 0 heterocycles. The Hall–Kier alpha value is -3.01. The quantitative estimate of drug-likeness (QED) is 0.922. The van der Waals surface area contributed by atoms with Crippen LogP contribution in [-0.2, 0) is 4.79 Å². The number of halogens is 3. The Balaban J connectivity index is 2.07. The fourth-order valence-corrected chi connectivity index (χ4v) is 1.87. The van der Waals surface area contributed by atoms with Gasteiger partial charge in [-0.3, -0.25) is 4.79 Å². The van der Waals surface area contributed by atoms with E-state index < -0.39 is 12.3 Å². The predicted octanol–water partition coefficient (Wildman–Crippen LogP) is 4.10. The first-order valence-corrected chi connectivity index (χ1v) is 6.50. The van der Waals surface area contributed by atoms with Crippen LogP contribution < -0.4 is 10.1 Å². The Morgan fingerprint density at radius 2 is 1.57 bits per heavy atom. The van der Waals surface area contributed by atoms with Gasteiger partial charge in [0.2, 0.25) is 5.91 Å². The van der Waals surface area contributed by atoms with Crippen molar-refractivity contribution in [1.82, 2.24) is 0 Å². The zero-order valence-corrected chi connectivity index (χ0v) is 11.7. The van der Waals surface area contributed by atoms with E-state index in [2.05, 4.69) is 10.1 Å². The lowest BCUT2D eigenvalue weighted by Gasteiger charge is -2.09. The van der Waals surface area contributed by atoms with Crippen LogP contribution in [-0.4, -0.2) is 12.3 Å². The lowest BCUT2D eigenvalue weighted by Crippen LogP contribution is -2.16. The van der Waals surface area contributed by atoms with E-state index in [9.17, 15) is 18.0 Å². The minimum atomic E-state index is -4.72. The van der Waals surface area contributed by atoms with Gasteiger partial charge in [-0.05, 0) is 35.4 Å². The molecular weight excluding hydrogens is 309 g/mol. The molecule has 1 N–H and O–H groups in total. The molecule has 0 aliphatic heterocycles. The van der Waals surface area contributed by atoms with Crippen molar-refractivity contribution in [3.05, 3.63) is 48.5 Å². The van der Waals surface area contributed by atoms with Gasteiger partial charge in [0.1, 0.15) is 12.2 Å². The SMILES string of the molecule is N#CCC(=O)Nc1ccc(-c2ccc(OC(F)(F)F)cc2)cc1. The van der Waals surface area contributed by atoms with Gasteiger partial charge in [0.05, 0.1) is 6.07 Å². The Bertz CT molecular complexity index is 717. The van der Waals surface area contributed by atoms with Gasteiger partial charge in [0.25, 0.3) is 0 Å². The number of nitrogens with zero attached hydrogens (tertiary/aromatic N) is 1. The molecule has 0 saturated carbocycles. The Kier molecular flexibility index (Phi) is 4.86. The van der Waals surface area contributed by atoms with E-state index in [0.717, 1.165) is 5.56 Å². The fraction of sp³-hybridized carbons (Fsp3) is 0.125. The molecule has 118 valence electrons. The highest BCUT2D eigenvalue weighted by Crippen LogP contribution is 2.27. The number of benzene rings is 2. The summed E-state index contributed by atoms with van der Waals surface area (Å²) in [4.78, 5) is 11.3. The Labute approximate surface area is 130 Å². The third-order valence-corrected chi connectivity index (χ3v) is 2.83. The summed E-state index contributed by atoms with van der Waals surface area (Å²) in [5.74, 6) is -0.699. The van der Waals surface area contributed by atoms with Crippen molar-refractivity contribution in [3.63, 3.8) is 0 Å². The topological polar surface area (TPSA) is 62.1 Å². The second-order valence-corrected chi connectivity index (χ2v) is 4.53. The predicted molar refractivity (Wildman–Crippen MR) is 77.4 cm³/mol. The molecule has 0 aliphatic rings. The van der Waals surface area contributed by atoms with Crippen LogP contribution >= 0.6 is 0 Å². The highest BCUT2D eigenvalue weighted by molar-refractivity contribution is 5.92. The number of carbonyl (C=O) groups is 1. The highest BCUT2D eigenvalue weighted by Gasteiger charge is 2.30. The molecule has 0 saturated heterocycles. The molecule has 2 aromatic rings. The molecule has 0 aromatic heterocycles. The second-order valence-electron chi connectivity index (χ2n) is 4.53. The molecule has 0 bridgehead atoms. The fourth-order valence-electron chi connectivity index (χ4n) is 1.87. The van der Waals surface area contributed by atoms with E-state index >= 15 is 0 Å². The van der Waals surface area contributed by atoms with Crippen LogP contribution in [0.15, 0.2) is 48.5 Å². The number of hydrogen-bond acceptors (Lipinski definition) is 3. The molecule has 0 radical (unpaired) electrons. The summed E-state index contributed by atoms with van der Waals surface area (Å²) >= 11 is 0. The van der Waals surface area contributed by atoms with E-state index in [1.807, 2.05) is 0 Å². The summed E-state index contributed by atoms with van der Waals surface area (Å²) in [6.45, 7) is 0. The Morgan fingerprint density at radius 1 is 1.04 bits per heavy atom. The second kappa shape index (κ2) is 6.83. The largest absolute Gasteiger partial charge is 0.573 e. The van der Waals surface area contributed by atoms with Crippen LogP contribution in [0.5, 0.6) is 5.75 Å². The molecule has 23 heavy (non-hydrogen) atoms. The maximum absolute atomic E-state index is 12.1. The molecule has 0 aliphatic carbocycles. The van der Waals surface area contributed by atoms with Gasteiger partial charge in [0, 0.05) is 5.69 Å². The number of rotatable bonds is 4. The number of nitrogens with one attached hydrogen (secondary N) is 1. The number of ether oxygens (including phenoxy) is 1. The first-order chi connectivity index (χ1) is 10.9. The third kappa shape index (κ3) is 5.04. The molecular formula is C16H11F3N2O2. The maximum atomic E-state index is 12.1. The van der Waals surface area contributed by atoms with Gasteiger partial charge in [-0.2, -0.15) is 5.26 Å². The van der Waals surface area contributed by atoms with Gasteiger partial charge in [-0.1, -0.05) is 24.3 Å². The number of nitriles is 1. The lowest BCUT2D eigenvalue weighted by molar-refractivity contribution is -0.274. The van der Waals surface area contributed by atoms with Gasteiger partial charge < -0.3 is 10.1 Å². The molecule has 1 amide bonds. The van der Waals surface area contributed by atoms with Crippen molar-refractivity contribution in [2.45, 2.75) is 12.8 Å². The standard InChI is InChI=1S/C16H11F3N2O2/c17-16(18,19)23-14-7-3-12(4-8-14)11-1-5-13(6-2-11)21-15(22)9-10-20/h1-8H,9H2,(H,21,22). The zero-order chi connectivity index (χ0) is 16.9. The summed E-state index contributed by atoms with van der Waals surface area (Å²) in [7, 11) is 0. The first kappa shape index (κ1) is 16.4. The molecule has 4 nitrogen and oxygen atoms in total. The average molecular weight is 320 g/mol. The van der Waals surface area contributed by atoms with Crippen LogP contribution in [0.3, 0.4) is 0 Å². The first-order valence-electron chi connectivity index (χ1n) is 6.50. The van der Waals surface area contributed by atoms with Gasteiger partial charge in [-0.25, -0.2) is 0 Å². The molecule has 0 spiro atoms. The molecule has 0 unspecified atom stereocenters.